The van der Waals surface area contributed by atoms with Crippen LogP contribution in [0, 0.1) is 11.6 Å². The van der Waals surface area contributed by atoms with E-state index in [-0.39, 0.29) is 17.9 Å². The molecule has 21 heavy (non-hydrogen) atoms. The van der Waals surface area contributed by atoms with Gasteiger partial charge in [-0.1, -0.05) is 0 Å². The fourth-order valence-corrected chi connectivity index (χ4v) is 2.40. The molecular weight excluding hydrogens is 292 g/mol. The molecular formula is C16H19F2NOS. The lowest BCUT2D eigenvalue weighted by atomic mass is 10.1. The number of nitrogens with one attached hydrogen (secondary N) is 1. The van der Waals surface area contributed by atoms with Crippen LogP contribution in [0.1, 0.15) is 31.9 Å². The summed E-state index contributed by atoms with van der Waals surface area (Å²) in [5.41, 5.74) is 1.35. The van der Waals surface area contributed by atoms with Crippen LogP contribution in [0.15, 0.2) is 29.0 Å². The molecule has 2 nitrogen and oxygen atoms in total. The van der Waals surface area contributed by atoms with Gasteiger partial charge in [0.15, 0.2) is 17.4 Å². The summed E-state index contributed by atoms with van der Waals surface area (Å²) in [5.74, 6) is -1.66. The van der Waals surface area contributed by atoms with Crippen LogP contribution in [-0.4, -0.2) is 5.54 Å². The molecule has 0 bridgehead atoms. The number of ether oxygens (including phenoxy) is 1. The summed E-state index contributed by atoms with van der Waals surface area (Å²) < 4.78 is 33.2. The van der Waals surface area contributed by atoms with Crippen LogP contribution in [-0.2, 0) is 13.2 Å². The van der Waals surface area contributed by atoms with Gasteiger partial charge in [-0.3, -0.25) is 0 Å². The second-order valence-electron chi connectivity index (χ2n) is 5.91. The summed E-state index contributed by atoms with van der Waals surface area (Å²) in [5, 5.41) is 6.98. The SMILES string of the molecule is CC(C)(C)NCc1cc(F)c(OCc2ccsc2)c(F)c1. The van der Waals surface area contributed by atoms with Gasteiger partial charge in [0.25, 0.3) is 0 Å². The zero-order valence-corrected chi connectivity index (χ0v) is 13.2. The molecule has 0 radical (unpaired) electrons. The Morgan fingerprint density at radius 3 is 2.33 bits per heavy atom. The topological polar surface area (TPSA) is 21.3 Å². The Labute approximate surface area is 127 Å². The van der Waals surface area contributed by atoms with Gasteiger partial charge in [-0.25, -0.2) is 8.78 Å². The maximum absolute atomic E-state index is 14.0. The third-order valence-corrected chi connectivity index (χ3v) is 3.58. The van der Waals surface area contributed by atoms with Crippen molar-refractivity contribution in [3.8, 4) is 5.75 Å². The molecule has 0 aliphatic rings. The van der Waals surface area contributed by atoms with Crippen molar-refractivity contribution in [1.82, 2.24) is 5.32 Å². The van der Waals surface area contributed by atoms with Gasteiger partial charge < -0.3 is 10.1 Å². The van der Waals surface area contributed by atoms with Crippen LogP contribution >= 0.6 is 11.3 Å². The van der Waals surface area contributed by atoms with Gasteiger partial charge in [0.1, 0.15) is 6.61 Å². The van der Waals surface area contributed by atoms with Crippen molar-refractivity contribution >= 4 is 11.3 Å². The maximum atomic E-state index is 14.0. The highest BCUT2D eigenvalue weighted by molar-refractivity contribution is 7.07. The van der Waals surface area contributed by atoms with E-state index in [4.69, 9.17) is 4.74 Å². The number of benzene rings is 1. The highest BCUT2D eigenvalue weighted by Crippen LogP contribution is 2.25. The van der Waals surface area contributed by atoms with E-state index in [0.717, 1.165) is 5.56 Å². The molecule has 0 amide bonds. The Bertz CT molecular complexity index is 568. The normalized spacial score (nSPS) is 11.7. The molecule has 0 saturated carbocycles. The summed E-state index contributed by atoms with van der Waals surface area (Å²) in [4.78, 5) is 0. The van der Waals surface area contributed by atoms with Gasteiger partial charge in [0.05, 0.1) is 0 Å². The lowest BCUT2D eigenvalue weighted by Crippen LogP contribution is -2.35. The number of hydrogen-bond donors (Lipinski definition) is 1. The van der Waals surface area contributed by atoms with Gasteiger partial charge in [0, 0.05) is 12.1 Å². The van der Waals surface area contributed by atoms with Crippen molar-refractivity contribution in [2.24, 2.45) is 0 Å². The van der Waals surface area contributed by atoms with E-state index in [1.54, 1.807) is 0 Å². The van der Waals surface area contributed by atoms with E-state index < -0.39 is 11.6 Å². The highest BCUT2D eigenvalue weighted by atomic mass is 32.1. The summed E-state index contributed by atoms with van der Waals surface area (Å²) in [7, 11) is 0. The zero-order chi connectivity index (χ0) is 15.5. The van der Waals surface area contributed by atoms with Crippen LogP contribution in [0.25, 0.3) is 0 Å². The van der Waals surface area contributed by atoms with Crippen molar-refractivity contribution in [3.05, 3.63) is 51.7 Å². The van der Waals surface area contributed by atoms with Crippen molar-refractivity contribution in [1.29, 1.82) is 0 Å². The average molecular weight is 311 g/mol. The van der Waals surface area contributed by atoms with E-state index in [0.29, 0.717) is 12.1 Å². The third-order valence-electron chi connectivity index (χ3n) is 2.84. The second kappa shape index (κ2) is 6.54. The minimum absolute atomic E-state index is 0.110. The van der Waals surface area contributed by atoms with E-state index in [2.05, 4.69) is 5.32 Å². The smallest absolute Gasteiger partial charge is 0.191 e. The van der Waals surface area contributed by atoms with Crippen LogP contribution in [0.2, 0.25) is 0 Å². The quantitative estimate of drug-likeness (QED) is 0.878. The standard InChI is InChI=1S/C16H19F2NOS/c1-16(2,3)19-8-12-6-13(17)15(14(18)7-12)20-9-11-4-5-21-10-11/h4-7,10,19H,8-9H2,1-3H3. The molecule has 0 atom stereocenters. The largest absolute Gasteiger partial charge is 0.483 e. The number of rotatable bonds is 5. The molecule has 1 aromatic carbocycles. The first-order valence-electron chi connectivity index (χ1n) is 6.72. The van der Waals surface area contributed by atoms with Gasteiger partial charge in [-0.2, -0.15) is 11.3 Å². The minimum Gasteiger partial charge on any atom is -0.483 e. The Morgan fingerprint density at radius 1 is 1.14 bits per heavy atom. The lowest BCUT2D eigenvalue weighted by Gasteiger charge is -2.20. The summed E-state index contributed by atoms with van der Waals surface area (Å²) in [6.07, 6.45) is 0. The predicted octanol–water partition coefficient (Wildman–Crippen LogP) is 4.49. The summed E-state index contributed by atoms with van der Waals surface area (Å²) in [6.45, 7) is 6.56. The van der Waals surface area contributed by atoms with Crippen LogP contribution < -0.4 is 10.1 Å². The summed E-state index contributed by atoms with van der Waals surface area (Å²) >= 11 is 1.52. The van der Waals surface area contributed by atoms with Gasteiger partial charge in [-0.05, 0) is 60.9 Å². The monoisotopic (exact) mass is 311 g/mol. The fraction of sp³-hybridized carbons (Fsp3) is 0.375. The molecule has 0 unspecified atom stereocenters. The molecule has 2 rings (SSSR count). The third kappa shape index (κ3) is 4.79. The van der Waals surface area contributed by atoms with Gasteiger partial charge >= 0.3 is 0 Å². The molecule has 2 aromatic rings. The van der Waals surface area contributed by atoms with E-state index >= 15 is 0 Å². The Balaban J connectivity index is 2.06. The van der Waals surface area contributed by atoms with Crippen molar-refractivity contribution < 1.29 is 13.5 Å². The number of hydrogen-bond acceptors (Lipinski definition) is 3. The van der Waals surface area contributed by atoms with Gasteiger partial charge in [0.2, 0.25) is 0 Å². The van der Waals surface area contributed by atoms with Crippen molar-refractivity contribution in [2.75, 3.05) is 0 Å². The second-order valence-corrected chi connectivity index (χ2v) is 6.69. The molecule has 0 fully saturated rings. The number of thiophene rings is 1. The molecule has 1 aromatic heterocycles. The predicted molar refractivity (Wildman–Crippen MR) is 81.6 cm³/mol. The van der Waals surface area contributed by atoms with Crippen LogP contribution in [0.5, 0.6) is 5.75 Å². The molecule has 0 aliphatic heterocycles. The minimum atomic E-state index is -0.670. The molecule has 5 heteroatoms. The summed E-state index contributed by atoms with van der Waals surface area (Å²) in [6, 6.07) is 4.48. The number of halogens is 2. The van der Waals surface area contributed by atoms with E-state index in [1.807, 2.05) is 37.6 Å². The van der Waals surface area contributed by atoms with Crippen molar-refractivity contribution in [3.63, 3.8) is 0 Å². The van der Waals surface area contributed by atoms with Crippen molar-refractivity contribution in [2.45, 2.75) is 39.5 Å². The maximum Gasteiger partial charge on any atom is 0.191 e. The van der Waals surface area contributed by atoms with E-state index in [1.165, 1.54) is 23.5 Å². The highest BCUT2D eigenvalue weighted by Gasteiger charge is 2.15. The first kappa shape index (κ1) is 15.9. The Kier molecular flexibility index (Phi) is 4.96. The molecule has 0 aliphatic carbocycles. The molecule has 0 saturated heterocycles. The van der Waals surface area contributed by atoms with Crippen LogP contribution in [0.4, 0.5) is 8.78 Å². The Morgan fingerprint density at radius 2 is 1.81 bits per heavy atom. The van der Waals surface area contributed by atoms with E-state index in [9.17, 15) is 8.78 Å². The molecule has 0 spiro atoms. The molecule has 1 heterocycles. The zero-order valence-electron chi connectivity index (χ0n) is 12.4. The van der Waals surface area contributed by atoms with Gasteiger partial charge in [-0.15, -0.1) is 0 Å². The first-order chi connectivity index (χ1) is 9.85. The average Bonchev–Trinajstić information content (AvgIpc) is 2.87. The van der Waals surface area contributed by atoms with Crippen LogP contribution in [0.3, 0.4) is 0 Å². The molecule has 1 N–H and O–H groups in total. The fourth-order valence-electron chi connectivity index (χ4n) is 1.75. The lowest BCUT2D eigenvalue weighted by molar-refractivity contribution is 0.274. The molecule has 114 valence electrons. The first-order valence-corrected chi connectivity index (χ1v) is 7.66. The Hall–Kier alpha value is -1.46.